The molecule has 3 saturated heterocycles. The molecule has 3 aliphatic heterocycles. The molecule has 1 aromatic rings. The zero-order chi connectivity index (χ0) is 27.5. The molecule has 6 rings (SSSR count). The monoisotopic (exact) mass is 564 g/mol. The quantitative estimate of drug-likeness (QED) is 0.533. The standard InChI is InChI=1S/C28H40N2O8S/c1-26(2,3)18-10-12-19(13-11-18)39(32,33)30-29-24(31)22-20-21(36-27(35-20)14-6-4-7-15-27)23-25(34-22)38-28(37-23)16-8-5-9-17-28/h10-13,20-23,25,30H,4-9,14-17H2,1-3H3,(H,29,31)/t20-,21+,22-,23-,25-/m1/s1. The van der Waals surface area contributed by atoms with Crippen LogP contribution in [0.25, 0.3) is 0 Å². The summed E-state index contributed by atoms with van der Waals surface area (Å²) in [6, 6.07) is 6.61. The molecule has 0 unspecified atom stereocenters. The Morgan fingerprint density at radius 1 is 0.795 bits per heavy atom. The molecule has 1 amide bonds. The Morgan fingerprint density at radius 3 is 1.92 bits per heavy atom. The van der Waals surface area contributed by atoms with Crippen molar-refractivity contribution in [3.05, 3.63) is 29.8 Å². The van der Waals surface area contributed by atoms with Gasteiger partial charge in [-0.15, -0.1) is 4.83 Å². The Balaban J connectivity index is 1.19. The van der Waals surface area contributed by atoms with Gasteiger partial charge >= 0.3 is 0 Å². The predicted molar refractivity (Wildman–Crippen MR) is 140 cm³/mol. The van der Waals surface area contributed by atoms with Gasteiger partial charge < -0.3 is 23.7 Å². The third-order valence-corrected chi connectivity index (χ3v) is 9.97. The van der Waals surface area contributed by atoms with Crippen molar-refractivity contribution in [2.24, 2.45) is 0 Å². The summed E-state index contributed by atoms with van der Waals surface area (Å²) in [5, 5.41) is 0. The molecule has 2 spiro atoms. The van der Waals surface area contributed by atoms with Crippen LogP contribution < -0.4 is 10.3 Å². The first kappa shape index (κ1) is 27.6. The van der Waals surface area contributed by atoms with Gasteiger partial charge in [0.1, 0.15) is 18.3 Å². The molecule has 5 atom stereocenters. The summed E-state index contributed by atoms with van der Waals surface area (Å²) in [5.41, 5.74) is 3.25. The first-order valence-electron chi connectivity index (χ1n) is 14.3. The average molecular weight is 565 g/mol. The van der Waals surface area contributed by atoms with Crippen LogP contribution in [0, 0.1) is 0 Å². The van der Waals surface area contributed by atoms with Crippen molar-refractivity contribution in [1.29, 1.82) is 0 Å². The fourth-order valence-corrected chi connectivity index (χ4v) is 7.40. The van der Waals surface area contributed by atoms with E-state index >= 15 is 0 Å². The van der Waals surface area contributed by atoms with Crippen molar-refractivity contribution in [3.8, 4) is 0 Å². The van der Waals surface area contributed by atoms with Crippen molar-refractivity contribution < 1.29 is 36.9 Å². The molecular weight excluding hydrogens is 524 g/mol. The van der Waals surface area contributed by atoms with E-state index in [1.165, 1.54) is 12.1 Å². The topological polar surface area (TPSA) is 121 Å². The third kappa shape index (κ3) is 5.27. The molecule has 2 N–H and O–H groups in total. The van der Waals surface area contributed by atoms with E-state index in [4.69, 9.17) is 23.7 Å². The number of sulfonamides is 1. The number of hydrogen-bond donors (Lipinski definition) is 2. The van der Waals surface area contributed by atoms with Crippen molar-refractivity contribution in [3.63, 3.8) is 0 Å². The zero-order valence-corrected chi connectivity index (χ0v) is 23.8. The number of carbonyl (C=O) groups is 1. The first-order valence-corrected chi connectivity index (χ1v) is 15.8. The van der Waals surface area contributed by atoms with E-state index in [0.717, 1.165) is 69.8 Å². The van der Waals surface area contributed by atoms with E-state index in [2.05, 4.69) is 31.0 Å². The number of hydrogen-bond acceptors (Lipinski definition) is 8. The van der Waals surface area contributed by atoms with Crippen LogP contribution >= 0.6 is 0 Å². The molecule has 2 aliphatic carbocycles. The number of carbonyl (C=O) groups excluding carboxylic acids is 1. The van der Waals surface area contributed by atoms with Crippen LogP contribution in [0.15, 0.2) is 29.2 Å². The summed E-state index contributed by atoms with van der Waals surface area (Å²) in [7, 11) is -4.01. The Bertz CT molecular complexity index is 1170. The number of hydrazine groups is 1. The van der Waals surface area contributed by atoms with Gasteiger partial charge in [-0.25, -0.2) is 8.42 Å². The summed E-state index contributed by atoms with van der Waals surface area (Å²) in [4.78, 5) is 15.7. The van der Waals surface area contributed by atoms with Crippen LogP contribution in [0.1, 0.15) is 90.5 Å². The van der Waals surface area contributed by atoms with Crippen LogP contribution in [0.5, 0.6) is 0 Å². The Kier molecular flexibility index (Phi) is 7.10. The lowest BCUT2D eigenvalue weighted by molar-refractivity contribution is -0.247. The summed E-state index contributed by atoms with van der Waals surface area (Å²) >= 11 is 0. The lowest BCUT2D eigenvalue weighted by Crippen LogP contribution is -2.61. The molecule has 0 radical (unpaired) electrons. The SMILES string of the molecule is CC(C)(C)c1ccc(S(=O)(=O)NNC(=O)[C@@H]2O[C@@H]3OC4(CCCCC4)O[C@@H]3[C@H]3OC4(CCCCC4)O[C@H]32)cc1. The van der Waals surface area contributed by atoms with Crippen LogP contribution in [0.2, 0.25) is 0 Å². The minimum atomic E-state index is -4.01. The summed E-state index contributed by atoms with van der Waals surface area (Å²) in [6.07, 6.45) is 5.41. The number of nitrogens with one attached hydrogen (secondary N) is 2. The molecule has 216 valence electrons. The van der Waals surface area contributed by atoms with Crippen LogP contribution in [-0.4, -0.2) is 56.6 Å². The van der Waals surface area contributed by atoms with Crippen molar-refractivity contribution in [1.82, 2.24) is 10.3 Å². The second kappa shape index (κ2) is 10.0. The number of benzene rings is 1. The van der Waals surface area contributed by atoms with Crippen LogP contribution in [0.4, 0.5) is 0 Å². The van der Waals surface area contributed by atoms with Crippen molar-refractivity contribution in [2.75, 3.05) is 0 Å². The molecule has 1 aromatic carbocycles. The van der Waals surface area contributed by atoms with Crippen molar-refractivity contribution >= 4 is 15.9 Å². The van der Waals surface area contributed by atoms with Gasteiger partial charge in [0.15, 0.2) is 24.0 Å². The largest absolute Gasteiger partial charge is 0.341 e. The second-order valence-corrected chi connectivity index (χ2v) is 14.3. The van der Waals surface area contributed by atoms with E-state index in [9.17, 15) is 13.2 Å². The van der Waals surface area contributed by atoms with Gasteiger partial charge in [0.25, 0.3) is 15.9 Å². The molecule has 2 saturated carbocycles. The fraction of sp³-hybridized carbons (Fsp3) is 0.750. The van der Waals surface area contributed by atoms with Gasteiger partial charge in [0, 0.05) is 25.7 Å². The highest BCUT2D eigenvalue weighted by Crippen LogP contribution is 2.50. The normalized spacial score (nSPS) is 33.6. The highest BCUT2D eigenvalue weighted by atomic mass is 32.2. The highest BCUT2D eigenvalue weighted by molar-refractivity contribution is 7.89. The van der Waals surface area contributed by atoms with Crippen molar-refractivity contribution in [2.45, 2.75) is 138 Å². The lowest BCUT2D eigenvalue weighted by Gasteiger charge is -2.36. The first-order chi connectivity index (χ1) is 18.5. The maximum Gasteiger partial charge on any atom is 0.267 e. The van der Waals surface area contributed by atoms with E-state index in [-0.39, 0.29) is 10.3 Å². The minimum absolute atomic E-state index is 0.0478. The van der Waals surface area contributed by atoms with Gasteiger partial charge in [0.2, 0.25) is 0 Å². The summed E-state index contributed by atoms with van der Waals surface area (Å²) in [5.74, 6) is -2.19. The number of fused-ring (bicyclic) bond motifs is 3. The van der Waals surface area contributed by atoms with Crippen LogP contribution in [0.3, 0.4) is 0 Å². The minimum Gasteiger partial charge on any atom is -0.341 e. The van der Waals surface area contributed by atoms with Crippen LogP contribution in [-0.2, 0) is 43.9 Å². The molecule has 10 nitrogen and oxygen atoms in total. The molecule has 0 bridgehead atoms. The Morgan fingerprint density at radius 2 is 1.33 bits per heavy atom. The summed E-state index contributed by atoms with van der Waals surface area (Å²) in [6.45, 7) is 6.16. The summed E-state index contributed by atoms with van der Waals surface area (Å²) < 4.78 is 57.9. The Hall–Kier alpha value is -1.60. The molecule has 11 heteroatoms. The fourth-order valence-electron chi connectivity index (χ4n) is 6.55. The molecular formula is C28H40N2O8S. The van der Waals surface area contributed by atoms with E-state index in [0.29, 0.717) is 0 Å². The second-order valence-electron chi connectivity index (χ2n) is 12.6. The van der Waals surface area contributed by atoms with E-state index in [1.807, 2.05) is 0 Å². The number of rotatable bonds is 4. The highest BCUT2D eigenvalue weighted by Gasteiger charge is 2.65. The number of ether oxygens (including phenoxy) is 5. The molecule has 5 fully saturated rings. The van der Waals surface area contributed by atoms with Gasteiger partial charge in [0.05, 0.1) is 4.90 Å². The molecule has 3 heterocycles. The maximum atomic E-state index is 13.4. The smallest absolute Gasteiger partial charge is 0.267 e. The predicted octanol–water partition coefficient (Wildman–Crippen LogP) is 3.54. The van der Waals surface area contributed by atoms with Gasteiger partial charge in [-0.2, -0.15) is 0 Å². The van der Waals surface area contributed by atoms with E-state index in [1.54, 1.807) is 12.1 Å². The molecule has 0 aromatic heterocycles. The Labute approximate surface area is 230 Å². The lowest BCUT2D eigenvalue weighted by atomic mass is 9.87. The zero-order valence-electron chi connectivity index (χ0n) is 22.9. The van der Waals surface area contributed by atoms with E-state index < -0.39 is 58.2 Å². The third-order valence-electron chi connectivity index (χ3n) is 8.71. The molecule has 39 heavy (non-hydrogen) atoms. The van der Waals surface area contributed by atoms with Gasteiger partial charge in [-0.05, 0) is 48.8 Å². The van der Waals surface area contributed by atoms with Gasteiger partial charge in [-0.1, -0.05) is 45.7 Å². The molecule has 5 aliphatic rings. The maximum absolute atomic E-state index is 13.4. The average Bonchev–Trinajstić information content (AvgIpc) is 3.45. The van der Waals surface area contributed by atoms with Gasteiger partial charge in [-0.3, -0.25) is 10.2 Å². The number of amides is 1.